The topological polar surface area (TPSA) is 63.4 Å². The van der Waals surface area contributed by atoms with E-state index in [4.69, 9.17) is 5.73 Å². The summed E-state index contributed by atoms with van der Waals surface area (Å²) in [6, 6.07) is 7.72. The van der Waals surface area contributed by atoms with Crippen LogP contribution in [0.25, 0.3) is 0 Å². The molecule has 1 aliphatic heterocycles. The van der Waals surface area contributed by atoms with E-state index in [-0.39, 0.29) is 0 Å². The van der Waals surface area contributed by atoms with Crippen molar-refractivity contribution >= 4 is 9.84 Å². The van der Waals surface area contributed by atoms with Crippen LogP contribution in [0.5, 0.6) is 0 Å². The van der Waals surface area contributed by atoms with Crippen LogP contribution in [0.1, 0.15) is 18.9 Å². The van der Waals surface area contributed by atoms with Crippen LogP contribution in [-0.2, 0) is 16.4 Å². The quantitative estimate of drug-likeness (QED) is 0.903. The molecule has 0 aliphatic carbocycles. The van der Waals surface area contributed by atoms with E-state index in [0.717, 1.165) is 31.6 Å². The molecule has 19 heavy (non-hydrogen) atoms. The van der Waals surface area contributed by atoms with E-state index >= 15 is 0 Å². The van der Waals surface area contributed by atoms with Crippen LogP contribution in [0.2, 0.25) is 0 Å². The molecule has 1 aromatic rings. The first-order chi connectivity index (χ1) is 8.90. The lowest BCUT2D eigenvalue weighted by molar-refractivity contribution is 0.256. The summed E-state index contributed by atoms with van der Waals surface area (Å²) in [6.07, 6.45) is 2.38. The minimum atomic E-state index is -3.10. The zero-order valence-electron chi connectivity index (χ0n) is 11.5. The van der Waals surface area contributed by atoms with Crippen LogP contribution < -0.4 is 5.73 Å². The van der Waals surface area contributed by atoms with Gasteiger partial charge in [0.1, 0.15) is 0 Å². The highest BCUT2D eigenvalue weighted by molar-refractivity contribution is 7.90. The Morgan fingerprint density at radius 2 is 1.95 bits per heavy atom. The van der Waals surface area contributed by atoms with Gasteiger partial charge >= 0.3 is 0 Å². The van der Waals surface area contributed by atoms with Crippen LogP contribution in [0, 0.1) is 5.92 Å². The van der Waals surface area contributed by atoms with E-state index in [1.54, 1.807) is 12.1 Å². The average molecular weight is 282 g/mol. The summed E-state index contributed by atoms with van der Waals surface area (Å²) in [5, 5.41) is 0. The number of benzene rings is 1. The maximum Gasteiger partial charge on any atom is 0.175 e. The third-order valence-electron chi connectivity index (χ3n) is 3.86. The van der Waals surface area contributed by atoms with E-state index in [9.17, 15) is 8.42 Å². The second kappa shape index (κ2) is 5.61. The average Bonchev–Trinajstić information content (AvgIpc) is 2.70. The van der Waals surface area contributed by atoms with E-state index in [1.807, 2.05) is 12.1 Å². The van der Waals surface area contributed by atoms with Gasteiger partial charge in [-0.3, -0.25) is 4.90 Å². The standard InChI is InChI=1S/C14H22N2O2S/c1-11-7-13(8-15)10-16(11)9-12-3-5-14(6-4-12)19(2,17)18/h3-6,11,13H,7-10,15H2,1-2H3. The summed E-state index contributed by atoms with van der Waals surface area (Å²) in [6.45, 7) is 4.86. The lowest BCUT2D eigenvalue weighted by atomic mass is 10.1. The normalized spacial score (nSPS) is 24.8. The van der Waals surface area contributed by atoms with Gasteiger partial charge in [0.2, 0.25) is 0 Å². The number of rotatable bonds is 4. The SMILES string of the molecule is CC1CC(CN)CN1Cc1ccc(S(C)(=O)=O)cc1. The first-order valence-corrected chi connectivity index (χ1v) is 8.52. The van der Waals surface area contributed by atoms with Crippen LogP contribution in [-0.4, -0.2) is 38.7 Å². The Balaban J connectivity index is 2.04. The van der Waals surface area contributed by atoms with Gasteiger partial charge in [-0.05, 0) is 43.5 Å². The third-order valence-corrected chi connectivity index (χ3v) is 4.99. The molecule has 2 rings (SSSR count). The highest BCUT2D eigenvalue weighted by atomic mass is 32.2. The predicted octanol–water partition coefficient (Wildman–Crippen LogP) is 1.26. The molecular formula is C14H22N2O2S. The smallest absolute Gasteiger partial charge is 0.175 e. The molecule has 0 aromatic heterocycles. The highest BCUT2D eigenvalue weighted by Crippen LogP contribution is 2.24. The fraction of sp³-hybridized carbons (Fsp3) is 0.571. The van der Waals surface area contributed by atoms with Crippen LogP contribution >= 0.6 is 0 Å². The molecule has 1 aliphatic rings. The molecule has 0 bridgehead atoms. The maximum absolute atomic E-state index is 11.4. The molecule has 2 unspecified atom stereocenters. The molecule has 2 atom stereocenters. The van der Waals surface area contributed by atoms with Gasteiger partial charge < -0.3 is 5.73 Å². The van der Waals surface area contributed by atoms with E-state index in [1.165, 1.54) is 6.26 Å². The van der Waals surface area contributed by atoms with Gasteiger partial charge in [-0.2, -0.15) is 0 Å². The number of nitrogens with zero attached hydrogens (tertiary/aromatic N) is 1. The van der Waals surface area contributed by atoms with Crippen molar-refractivity contribution in [1.82, 2.24) is 4.90 Å². The van der Waals surface area contributed by atoms with Gasteiger partial charge in [0.05, 0.1) is 4.90 Å². The van der Waals surface area contributed by atoms with Crippen molar-refractivity contribution in [1.29, 1.82) is 0 Å². The third kappa shape index (κ3) is 3.55. The maximum atomic E-state index is 11.4. The molecule has 0 radical (unpaired) electrons. The molecular weight excluding hydrogens is 260 g/mol. The number of likely N-dealkylation sites (tertiary alicyclic amines) is 1. The van der Waals surface area contributed by atoms with E-state index < -0.39 is 9.84 Å². The minimum absolute atomic E-state index is 0.380. The molecule has 1 heterocycles. The number of sulfone groups is 1. The number of hydrogen-bond acceptors (Lipinski definition) is 4. The largest absolute Gasteiger partial charge is 0.330 e. The first-order valence-electron chi connectivity index (χ1n) is 6.63. The summed E-state index contributed by atoms with van der Waals surface area (Å²) in [5.74, 6) is 0.588. The van der Waals surface area contributed by atoms with Crippen molar-refractivity contribution in [3.05, 3.63) is 29.8 Å². The van der Waals surface area contributed by atoms with Gasteiger partial charge in [-0.25, -0.2) is 8.42 Å². The molecule has 4 nitrogen and oxygen atoms in total. The number of hydrogen-bond donors (Lipinski definition) is 1. The van der Waals surface area contributed by atoms with Crippen molar-refractivity contribution in [3.63, 3.8) is 0 Å². The molecule has 1 fully saturated rings. The van der Waals surface area contributed by atoms with E-state index in [0.29, 0.717) is 16.9 Å². The second-order valence-electron chi connectivity index (χ2n) is 5.53. The first kappa shape index (κ1) is 14.5. The Bertz CT molecular complexity index is 525. The van der Waals surface area contributed by atoms with Crippen LogP contribution in [0.15, 0.2) is 29.2 Å². The zero-order chi connectivity index (χ0) is 14.0. The predicted molar refractivity (Wildman–Crippen MR) is 76.6 cm³/mol. The van der Waals surface area contributed by atoms with Crippen molar-refractivity contribution in [2.24, 2.45) is 11.7 Å². The van der Waals surface area contributed by atoms with Gasteiger partial charge in [-0.1, -0.05) is 12.1 Å². The lowest BCUT2D eigenvalue weighted by Crippen LogP contribution is -2.27. The zero-order valence-corrected chi connectivity index (χ0v) is 12.4. The molecule has 106 valence electrons. The summed E-state index contributed by atoms with van der Waals surface area (Å²) in [7, 11) is -3.10. The summed E-state index contributed by atoms with van der Waals surface area (Å²) in [4.78, 5) is 2.79. The second-order valence-corrected chi connectivity index (χ2v) is 7.55. The Labute approximate surface area is 115 Å². The summed E-state index contributed by atoms with van der Waals surface area (Å²) >= 11 is 0. The fourth-order valence-corrected chi connectivity index (χ4v) is 3.32. The van der Waals surface area contributed by atoms with Gasteiger partial charge in [0.15, 0.2) is 9.84 Å². The van der Waals surface area contributed by atoms with Gasteiger partial charge in [-0.15, -0.1) is 0 Å². The van der Waals surface area contributed by atoms with Crippen molar-refractivity contribution in [2.45, 2.75) is 30.8 Å². The molecule has 5 heteroatoms. The molecule has 1 saturated heterocycles. The molecule has 0 amide bonds. The Morgan fingerprint density at radius 3 is 2.42 bits per heavy atom. The molecule has 2 N–H and O–H groups in total. The minimum Gasteiger partial charge on any atom is -0.330 e. The Hall–Kier alpha value is -0.910. The van der Waals surface area contributed by atoms with Crippen molar-refractivity contribution in [3.8, 4) is 0 Å². The molecule has 0 saturated carbocycles. The number of nitrogens with two attached hydrogens (primary N) is 1. The summed E-state index contributed by atoms with van der Waals surface area (Å²) in [5.41, 5.74) is 6.88. The van der Waals surface area contributed by atoms with Gasteiger partial charge in [0.25, 0.3) is 0 Å². The monoisotopic (exact) mass is 282 g/mol. The Kier molecular flexibility index (Phi) is 4.28. The molecule has 0 spiro atoms. The van der Waals surface area contributed by atoms with Crippen LogP contribution in [0.4, 0.5) is 0 Å². The Morgan fingerprint density at radius 1 is 1.32 bits per heavy atom. The fourth-order valence-electron chi connectivity index (χ4n) is 2.69. The summed E-state index contributed by atoms with van der Waals surface area (Å²) < 4.78 is 22.8. The highest BCUT2D eigenvalue weighted by Gasteiger charge is 2.27. The van der Waals surface area contributed by atoms with Crippen LogP contribution in [0.3, 0.4) is 0 Å². The lowest BCUT2D eigenvalue weighted by Gasteiger charge is -2.21. The molecule has 1 aromatic carbocycles. The van der Waals surface area contributed by atoms with Crippen molar-refractivity contribution < 1.29 is 8.42 Å². The van der Waals surface area contributed by atoms with E-state index in [2.05, 4.69) is 11.8 Å². The van der Waals surface area contributed by atoms with Crippen molar-refractivity contribution in [2.75, 3.05) is 19.3 Å². The van der Waals surface area contributed by atoms with Gasteiger partial charge in [0, 0.05) is 25.4 Å².